The summed E-state index contributed by atoms with van der Waals surface area (Å²) < 4.78 is 16.3. The molecule has 1 amide bonds. The van der Waals surface area contributed by atoms with E-state index in [4.69, 9.17) is 14.2 Å². The van der Waals surface area contributed by atoms with Gasteiger partial charge in [-0.05, 0) is 64.6 Å². The Hall–Kier alpha value is -2.29. The van der Waals surface area contributed by atoms with Gasteiger partial charge in [-0.15, -0.1) is 0 Å². The molecule has 0 aliphatic rings. The third-order valence-electron chi connectivity index (χ3n) is 3.71. The first-order valence-corrected chi connectivity index (χ1v) is 8.88. The minimum absolute atomic E-state index is 0.152. The summed E-state index contributed by atoms with van der Waals surface area (Å²) in [4.78, 5) is 26.1. The van der Waals surface area contributed by atoms with Crippen LogP contribution in [-0.4, -0.2) is 44.7 Å². The summed E-state index contributed by atoms with van der Waals surface area (Å²) >= 11 is 2.17. The molecule has 0 atom stereocenters. The summed E-state index contributed by atoms with van der Waals surface area (Å²) in [5, 5.41) is 0. The van der Waals surface area contributed by atoms with E-state index < -0.39 is 5.97 Å². The van der Waals surface area contributed by atoms with Crippen LogP contribution in [0.25, 0.3) is 0 Å². The highest BCUT2D eigenvalue weighted by Crippen LogP contribution is 2.24. The van der Waals surface area contributed by atoms with E-state index in [0.29, 0.717) is 17.1 Å². The van der Waals surface area contributed by atoms with Crippen molar-refractivity contribution in [3.63, 3.8) is 0 Å². The lowest BCUT2D eigenvalue weighted by molar-refractivity contribution is -0.141. The van der Waals surface area contributed by atoms with Crippen molar-refractivity contribution in [2.24, 2.45) is 0 Å². The minimum Gasteiger partial charge on any atom is -0.497 e. The Labute approximate surface area is 166 Å². The molecule has 0 fully saturated rings. The molecule has 0 aliphatic carbocycles. The van der Waals surface area contributed by atoms with Crippen molar-refractivity contribution in [1.82, 2.24) is 4.90 Å². The van der Waals surface area contributed by atoms with Gasteiger partial charge in [0, 0.05) is 21.7 Å². The lowest BCUT2D eigenvalue weighted by Crippen LogP contribution is -2.35. The van der Waals surface area contributed by atoms with Crippen LogP contribution in [0, 0.1) is 3.57 Å². The van der Waals surface area contributed by atoms with Crippen LogP contribution in [0.2, 0.25) is 0 Å². The number of halogens is 1. The molecule has 2 rings (SSSR count). The summed E-state index contributed by atoms with van der Waals surface area (Å²) in [6.07, 6.45) is 0. The van der Waals surface area contributed by atoms with E-state index in [2.05, 4.69) is 22.6 Å². The molecule has 2 aromatic carbocycles. The van der Waals surface area contributed by atoms with Gasteiger partial charge in [-0.25, -0.2) is 0 Å². The largest absolute Gasteiger partial charge is 0.497 e. The van der Waals surface area contributed by atoms with Crippen LogP contribution in [-0.2, 0) is 16.1 Å². The Morgan fingerprint density at radius 2 is 1.54 bits per heavy atom. The third-order valence-corrected chi connectivity index (χ3v) is 4.43. The number of rotatable bonds is 7. The molecule has 0 radical (unpaired) electrons. The Balaban J connectivity index is 2.31. The molecule has 0 aromatic heterocycles. The van der Waals surface area contributed by atoms with E-state index in [1.54, 1.807) is 44.6 Å². The lowest BCUT2D eigenvalue weighted by Gasteiger charge is -2.22. The highest BCUT2D eigenvalue weighted by Gasteiger charge is 2.20. The van der Waals surface area contributed by atoms with E-state index >= 15 is 0 Å². The zero-order valence-electron chi connectivity index (χ0n) is 14.8. The molecule has 0 saturated carbocycles. The zero-order chi connectivity index (χ0) is 19.1. The number of nitrogens with zero attached hydrogens (tertiary/aromatic N) is 1. The Kier molecular flexibility index (Phi) is 7.26. The highest BCUT2D eigenvalue weighted by molar-refractivity contribution is 14.1. The van der Waals surface area contributed by atoms with Crippen LogP contribution in [0.4, 0.5) is 0 Å². The van der Waals surface area contributed by atoms with Gasteiger partial charge in [0.05, 0.1) is 21.3 Å². The first-order chi connectivity index (χ1) is 12.5. The molecule has 0 aliphatic heterocycles. The second kappa shape index (κ2) is 9.42. The predicted molar refractivity (Wildman–Crippen MR) is 105 cm³/mol. The fraction of sp³-hybridized carbons (Fsp3) is 0.263. The van der Waals surface area contributed by atoms with Gasteiger partial charge in [0.25, 0.3) is 5.91 Å². The van der Waals surface area contributed by atoms with Gasteiger partial charge in [0.15, 0.2) is 0 Å². The van der Waals surface area contributed by atoms with Crippen molar-refractivity contribution in [3.8, 4) is 11.5 Å². The van der Waals surface area contributed by atoms with Gasteiger partial charge in [0.1, 0.15) is 18.0 Å². The normalized spacial score (nSPS) is 10.2. The summed E-state index contributed by atoms with van der Waals surface area (Å²) in [6, 6.07) is 12.5. The summed E-state index contributed by atoms with van der Waals surface area (Å²) in [5.41, 5.74) is 1.29. The first kappa shape index (κ1) is 20.0. The molecule has 138 valence electrons. The van der Waals surface area contributed by atoms with Crippen LogP contribution in [0.15, 0.2) is 42.5 Å². The molecule has 0 unspecified atom stereocenters. The van der Waals surface area contributed by atoms with Crippen molar-refractivity contribution in [2.45, 2.75) is 6.54 Å². The van der Waals surface area contributed by atoms with Crippen LogP contribution in [0.5, 0.6) is 11.5 Å². The standard InChI is InChI=1S/C19H20INO5/c1-24-16-8-13(9-17(10-16)25-2)11-21(12-18(22)26-3)19(23)14-4-6-15(20)7-5-14/h4-10H,11-12H2,1-3H3. The van der Waals surface area contributed by atoms with Crippen LogP contribution in [0.3, 0.4) is 0 Å². The van der Waals surface area contributed by atoms with Gasteiger partial charge >= 0.3 is 5.97 Å². The van der Waals surface area contributed by atoms with E-state index in [1.807, 2.05) is 12.1 Å². The van der Waals surface area contributed by atoms with Gasteiger partial charge in [-0.3, -0.25) is 9.59 Å². The average molecular weight is 469 g/mol. The fourth-order valence-electron chi connectivity index (χ4n) is 2.37. The Bertz CT molecular complexity index is 754. The van der Waals surface area contributed by atoms with E-state index in [9.17, 15) is 9.59 Å². The maximum absolute atomic E-state index is 12.9. The van der Waals surface area contributed by atoms with E-state index in [1.165, 1.54) is 12.0 Å². The van der Waals surface area contributed by atoms with Crippen molar-refractivity contribution < 1.29 is 23.8 Å². The maximum Gasteiger partial charge on any atom is 0.325 e. The number of hydrogen-bond donors (Lipinski definition) is 0. The molecule has 0 spiro atoms. The summed E-state index contributed by atoms with van der Waals surface area (Å²) in [6.45, 7) is 0.0638. The quantitative estimate of drug-likeness (QED) is 0.461. The molecule has 6 nitrogen and oxygen atoms in total. The molecule has 7 heteroatoms. The monoisotopic (exact) mass is 469 g/mol. The average Bonchev–Trinajstić information content (AvgIpc) is 2.66. The highest BCUT2D eigenvalue weighted by atomic mass is 127. The number of amides is 1. The van der Waals surface area contributed by atoms with Crippen LogP contribution in [0.1, 0.15) is 15.9 Å². The smallest absolute Gasteiger partial charge is 0.325 e. The second-order valence-corrected chi connectivity index (χ2v) is 6.71. The van der Waals surface area contributed by atoms with Crippen molar-refractivity contribution >= 4 is 34.5 Å². The molecule has 0 heterocycles. The molecule has 26 heavy (non-hydrogen) atoms. The number of methoxy groups -OCH3 is 3. The van der Waals surface area contributed by atoms with Crippen LogP contribution >= 0.6 is 22.6 Å². The van der Waals surface area contributed by atoms with Crippen molar-refractivity contribution in [1.29, 1.82) is 0 Å². The Morgan fingerprint density at radius 3 is 2.04 bits per heavy atom. The second-order valence-electron chi connectivity index (χ2n) is 5.47. The van der Waals surface area contributed by atoms with Gasteiger partial charge in [0.2, 0.25) is 0 Å². The first-order valence-electron chi connectivity index (χ1n) is 7.80. The summed E-state index contributed by atoms with van der Waals surface area (Å²) in [5.74, 6) is 0.477. The minimum atomic E-state index is -0.487. The SMILES string of the molecule is COC(=O)CN(Cc1cc(OC)cc(OC)c1)C(=O)c1ccc(I)cc1. The fourth-order valence-corrected chi connectivity index (χ4v) is 2.73. The van der Waals surface area contributed by atoms with E-state index in [0.717, 1.165) is 9.13 Å². The third kappa shape index (κ3) is 5.35. The number of carbonyl (C=O) groups is 2. The van der Waals surface area contributed by atoms with Crippen molar-refractivity contribution in [3.05, 3.63) is 57.2 Å². The molecule has 0 N–H and O–H groups in total. The number of benzene rings is 2. The zero-order valence-corrected chi connectivity index (χ0v) is 17.0. The van der Waals surface area contributed by atoms with Crippen molar-refractivity contribution in [2.75, 3.05) is 27.9 Å². The molecule has 2 aromatic rings. The summed E-state index contributed by atoms with van der Waals surface area (Å²) in [7, 11) is 4.41. The number of esters is 1. The van der Waals surface area contributed by atoms with Crippen LogP contribution < -0.4 is 9.47 Å². The molecular weight excluding hydrogens is 449 g/mol. The maximum atomic E-state index is 12.9. The number of ether oxygens (including phenoxy) is 3. The number of hydrogen-bond acceptors (Lipinski definition) is 5. The van der Waals surface area contributed by atoms with Gasteiger partial charge in [-0.1, -0.05) is 0 Å². The molecular formula is C19H20INO5. The van der Waals surface area contributed by atoms with E-state index in [-0.39, 0.29) is 19.0 Å². The predicted octanol–water partition coefficient (Wildman–Crippen LogP) is 3.12. The molecule has 0 bridgehead atoms. The molecule has 0 saturated heterocycles. The van der Waals surface area contributed by atoms with Gasteiger partial charge in [-0.2, -0.15) is 0 Å². The number of carbonyl (C=O) groups excluding carboxylic acids is 2. The topological polar surface area (TPSA) is 65.1 Å². The van der Waals surface area contributed by atoms with Gasteiger partial charge < -0.3 is 19.1 Å². The Morgan fingerprint density at radius 1 is 0.962 bits per heavy atom. The lowest BCUT2D eigenvalue weighted by atomic mass is 10.1.